The molecule has 0 radical (unpaired) electrons. The lowest BCUT2D eigenvalue weighted by Gasteiger charge is -2.17. The number of aromatic nitrogens is 2. The molecule has 0 saturated carbocycles. The van der Waals surface area contributed by atoms with Gasteiger partial charge in [-0.3, -0.25) is 4.79 Å². The highest BCUT2D eigenvalue weighted by atomic mass is 32.1. The molecule has 2 aromatic heterocycles. The molecule has 6 nitrogen and oxygen atoms in total. The van der Waals surface area contributed by atoms with E-state index in [1.807, 2.05) is 18.2 Å². The van der Waals surface area contributed by atoms with Crippen molar-refractivity contribution in [1.82, 2.24) is 9.97 Å². The van der Waals surface area contributed by atoms with Crippen LogP contribution in [0.3, 0.4) is 0 Å². The molecule has 0 amide bonds. The predicted octanol–water partition coefficient (Wildman–Crippen LogP) is 3.79. The van der Waals surface area contributed by atoms with Crippen LogP contribution in [-0.4, -0.2) is 22.5 Å². The summed E-state index contributed by atoms with van der Waals surface area (Å²) in [6, 6.07) is 9.06. The Balaban J connectivity index is 1.49. The minimum atomic E-state index is -0.665. The second-order valence-electron chi connectivity index (χ2n) is 7.22. The monoisotopic (exact) mass is 398 g/mol. The molecule has 1 N–H and O–H groups in total. The minimum Gasteiger partial charge on any atom is -0.482 e. The van der Waals surface area contributed by atoms with Crippen molar-refractivity contribution in [3.63, 3.8) is 0 Å². The maximum absolute atomic E-state index is 12.7. The van der Waals surface area contributed by atoms with Crippen LogP contribution in [0.5, 0.6) is 5.75 Å². The topological polar surface area (TPSA) is 81.3 Å². The van der Waals surface area contributed by atoms with Gasteiger partial charge >= 0.3 is 5.97 Å². The number of nitrogens with one attached hydrogen (secondary N) is 1. The molecule has 1 aromatic carbocycles. The number of nitrogens with zero attached hydrogens (tertiary/aromatic N) is 1. The highest BCUT2D eigenvalue weighted by Gasteiger charge is 2.24. The Hall–Kier alpha value is -2.67. The van der Waals surface area contributed by atoms with Crippen molar-refractivity contribution in [2.75, 3.05) is 6.61 Å². The van der Waals surface area contributed by atoms with Gasteiger partial charge in [-0.1, -0.05) is 25.1 Å². The number of carbonyl (C=O) groups excluding carboxylic acids is 1. The number of para-hydroxylation sites is 1. The van der Waals surface area contributed by atoms with E-state index < -0.39 is 12.1 Å². The molecule has 7 heteroatoms. The normalized spacial score (nSPS) is 17.1. The molecular formula is C21H22N2O4S. The van der Waals surface area contributed by atoms with Gasteiger partial charge in [0.15, 0.2) is 18.5 Å². The number of carbonyl (C=O) groups is 1. The largest absolute Gasteiger partial charge is 0.482 e. The average molecular weight is 398 g/mol. The molecule has 4 rings (SSSR count). The molecule has 3 aromatic rings. The van der Waals surface area contributed by atoms with Gasteiger partial charge in [0.05, 0.1) is 5.39 Å². The number of fused-ring (bicyclic) bond motifs is 3. The van der Waals surface area contributed by atoms with Crippen molar-refractivity contribution >= 4 is 27.5 Å². The lowest BCUT2D eigenvalue weighted by atomic mass is 9.89. The van der Waals surface area contributed by atoms with E-state index in [1.165, 1.54) is 4.88 Å². The third kappa shape index (κ3) is 3.80. The lowest BCUT2D eigenvalue weighted by molar-refractivity contribution is -0.151. The van der Waals surface area contributed by atoms with Crippen molar-refractivity contribution in [2.24, 2.45) is 5.92 Å². The van der Waals surface area contributed by atoms with E-state index in [1.54, 1.807) is 30.4 Å². The molecular weight excluding hydrogens is 376 g/mol. The number of benzene rings is 1. The number of hydrogen-bond acceptors (Lipinski definition) is 6. The summed E-state index contributed by atoms with van der Waals surface area (Å²) in [6.45, 7) is 3.72. The van der Waals surface area contributed by atoms with Crippen molar-refractivity contribution in [2.45, 2.75) is 39.2 Å². The fourth-order valence-electron chi connectivity index (χ4n) is 3.50. The fourth-order valence-corrected chi connectivity index (χ4v) is 4.89. The fraction of sp³-hybridized carbons (Fsp3) is 0.381. The zero-order valence-corrected chi connectivity index (χ0v) is 16.7. The van der Waals surface area contributed by atoms with Crippen LogP contribution in [-0.2, 0) is 22.4 Å². The van der Waals surface area contributed by atoms with Crippen molar-refractivity contribution < 1.29 is 14.3 Å². The number of rotatable bonds is 5. The molecule has 2 heterocycles. The third-order valence-electron chi connectivity index (χ3n) is 4.98. The van der Waals surface area contributed by atoms with E-state index in [9.17, 15) is 9.59 Å². The van der Waals surface area contributed by atoms with Crippen LogP contribution in [0.4, 0.5) is 0 Å². The van der Waals surface area contributed by atoms with Crippen LogP contribution in [0.2, 0.25) is 0 Å². The van der Waals surface area contributed by atoms with Gasteiger partial charge in [-0.25, -0.2) is 9.78 Å². The maximum Gasteiger partial charge on any atom is 0.344 e. The van der Waals surface area contributed by atoms with Gasteiger partial charge in [0, 0.05) is 4.88 Å². The average Bonchev–Trinajstić information content (AvgIpc) is 3.05. The van der Waals surface area contributed by atoms with Gasteiger partial charge in [0.2, 0.25) is 0 Å². The molecule has 1 aliphatic carbocycles. The summed E-state index contributed by atoms with van der Waals surface area (Å²) in [5, 5.41) is 0.696. The summed E-state index contributed by atoms with van der Waals surface area (Å²) in [5.41, 5.74) is 0.981. The van der Waals surface area contributed by atoms with Gasteiger partial charge in [-0.05, 0) is 49.8 Å². The number of thiophene rings is 1. The van der Waals surface area contributed by atoms with Crippen molar-refractivity contribution in [3.05, 3.63) is 57.0 Å². The molecule has 146 valence electrons. The molecule has 0 unspecified atom stereocenters. The van der Waals surface area contributed by atoms with Crippen LogP contribution >= 0.6 is 11.3 Å². The summed E-state index contributed by atoms with van der Waals surface area (Å²) >= 11 is 1.58. The van der Waals surface area contributed by atoms with Gasteiger partial charge < -0.3 is 14.5 Å². The summed E-state index contributed by atoms with van der Waals surface area (Å²) in [6.07, 6.45) is 2.34. The van der Waals surface area contributed by atoms with Gasteiger partial charge in [0.25, 0.3) is 5.56 Å². The van der Waals surface area contributed by atoms with Crippen LogP contribution < -0.4 is 10.3 Å². The molecule has 0 aliphatic heterocycles. The Morgan fingerprint density at radius 2 is 2.14 bits per heavy atom. The highest BCUT2D eigenvalue weighted by molar-refractivity contribution is 7.18. The molecule has 1 aliphatic rings. The Morgan fingerprint density at radius 1 is 1.36 bits per heavy atom. The first-order valence-electron chi connectivity index (χ1n) is 9.43. The SMILES string of the molecule is C[C@@H]1CCc2c(sc3nc([C@@H](C)OC(=O)COc4ccccc4)[nH]c(=O)c23)C1. The summed E-state index contributed by atoms with van der Waals surface area (Å²) in [4.78, 5) is 34.1. The summed E-state index contributed by atoms with van der Waals surface area (Å²) in [5.74, 6) is 1.07. The first kappa shape index (κ1) is 18.7. The van der Waals surface area contributed by atoms with Crippen LogP contribution in [0, 0.1) is 5.92 Å². The number of hydrogen-bond donors (Lipinski definition) is 1. The smallest absolute Gasteiger partial charge is 0.344 e. The number of aryl methyl sites for hydroxylation is 1. The van der Waals surface area contributed by atoms with Crippen LogP contribution in [0.1, 0.15) is 42.6 Å². The standard InChI is InChI=1S/C21H22N2O4S/c1-12-8-9-15-16(10-12)28-21-18(15)20(25)22-19(23-21)13(2)27-17(24)11-26-14-6-4-3-5-7-14/h3-7,12-13H,8-11H2,1-2H3,(H,22,23,25)/t12-,13-/m1/s1. The maximum atomic E-state index is 12.7. The number of ether oxygens (including phenoxy) is 2. The van der Waals surface area contributed by atoms with Crippen molar-refractivity contribution in [3.8, 4) is 5.75 Å². The molecule has 2 atom stereocenters. The highest BCUT2D eigenvalue weighted by Crippen LogP contribution is 2.35. The number of H-pyrrole nitrogens is 1. The van der Waals surface area contributed by atoms with E-state index in [4.69, 9.17) is 9.47 Å². The zero-order valence-electron chi connectivity index (χ0n) is 15.9. The Morgan fingerprint density at radius 3 is 2.93 bits per heavy atom. The molecule has 0 bridgehead atoms. The predicted molar refractivity (Wildman–Crippen MR) is 108 cm³/mol. The molecule has 0 saturated heterocycles. The van der Waals surface area contributed by atoms with E-state index in [2.05, 4.69) is 16.9 Å². The van der Waals surface area contributed by atoms with Crippen molar-refractivity contribution in [1.29, 1.82) is 0 Å². The Kier molecular flexibility index (Phi) is 5.17. The first-order valence-corrected chi connectivity index (χ1v) is 10.2. The third-order valence-corrected chi connectivity index (χ3v) is 6.13. The lowest BCUT2D eigenvalue weighted by Crippen LogP contribution is -2.20. The minimum absolute atomic E-state index is 0.157. The van der Waals surface area contributed by atoms with E-state index in [-0.39, 0.29) is 12.2 Å². The van der Waals surface area contributed by atoms with Crippen LogP contribution in [0.15, 0.2) is 35.1 Å². The second-order valence-corrected chi connectivity index (χ2v) is 8.30. The second kappa shape index (κ2) is 7.75. The summed E-state index contributed by atoms with van der Waals surface area (Å²) in [7, 11) is 0. The van der Waals surface area contributed by atoms with E-state index in [0.29, 0.717) is 22.9 Å². The molecule has 0 fully saturated rings. The Labute approximate surface area is 166 Å². The number of esters is 1. The van der Waals surface area contributed by atoms with Crippen LogP contribution in [0.25, 0.3) is 10.2 Å². The van der Waals surface area contributed by atoms with Gasteiger partial charge in [-0.2, -0.15) is 0 Å². The first-order chi connectivity index (χ1) is 13.5. The quantitative estimate of drug-likeness (QED) is 0.661. The zero-order chi connectivity index (χ0) is 19.7. The van der Waals surface area contributed by atoms with E-state index >= 15 is 0 Å². The molecule has 28 heavy (non-hydrogen) atoms. The molecule has 0 spiro atoms. The Bertz CT molecular complexity index is 1060. The van der Waals surface area contributed by atoms with Gasteiger partial charge in [-0.15, -0.1) is 11.3 Å². The summed E-state index contributed by atoms with van der Waals surface area (Å²) < 4.78 is 10.8. The van der Waals surface area contributed by atoms with Gasteiger partial charge in [0.1, 0.15) is 10.6 Å². The van der Waals surface area contributed by atoms with E-state index in [0.717, 1.165) is 29.7 Å². The number of aromatic amines is 1.